The molecule has 118 valence electrons. The number of carbonyl (C=O) groups excluding carboxylic acids is 1. The molecule has 3 heterocycles. The van der Waals surface area contributed by atoms with E-state index in [2.05, 4.69) is 19.7 Å². The zero-order valence-electron chi connectivity index (χ0n) is 12.9. The van der Waals surface area contributed by atoms with Crippen LogP contribution in [0.25, 0.3) is 0 Å². The SMILES string of the molecule is Cc1nnsc1C(=O)N1CCCC(c2nc(C(C)C)no2)C1. The molecule has 0 saturated carbocycles. The lowest BCUT2D eigenvalue weighted by Crippen LogP contribution is -2.39. The Hall–Kier alpha value is -1.83. The van der Waals surface area contributed by atoms with E-state index >= 15 is 0 Å². The quantitative estimate of drug-likeness (QED) is 0.863. The number of hydrogen-bond donors (Lipinski definition) is 0. The fraction of sp³-hybridized carbons (Fsp3) is 0.643. The van der Waals surface area contributed by atoms with E-state index < -0.39 is 0 Å². The molecule has 0 bridgehead atoms. The van der Waals surface area contributed by atoms with Gasteiger partial charge in [-0.25, -0.2) is 0 Å². The van der Waals surface area contributed by atoms with Gasteiger partial charge in [0, 0.05) is 19.0 Å². The van der Waals surface area contributed by atoms with Crippen molar-refractivity contribution < 1.29 is 9.32 Å². The van der Waals surface area contributed by atoms with Crippen LogP contribution >= 0.6 is 11.5 Å². The molecule has 1 fully saturated rings. The molecule has 0 spiro atoms. The summed E-state index contributed by atoms with van der Waals surface area (Å²) in [6.45, 7) is 7.23. The number of carbonyl (C=O) groups is 1. The summed E-state index contributed by atoms with van der Waals surface area (Å²) >= 11 is 1.15. The van der Waals surface area contributed by atoms with E-state index in [0.717, 1.165) is 36.7 Å². The molecule has 0 aromatic carbocycles. The van der Waals surface area contributed by atoms with Crippen molar-refractivity contribution in [2.75, 3.05) is 13.1 Å². The number of nitrogens with zero attached hydrogens (tertiary/aromatic N) is 5. The van der Waals surface area contributed by atoms with Crippen molar-refractivity contribution in [3.05, 3.63) is 22.3 Å². The van der Waals surface area contributed by atoms with E-state index in [1.165, 1.54) is 0 Å². The Morgan fingerprint density at radius 1 is 1.45 bits per heavy atom. The normalized spacial score (nSPS) is 18.9. The highest BCUT2D eigenvalue weighted by atomic mass is 32.1. The van der Waals surface area contributed by atoms with Crippen LogP contribution in [0.1, 0.15) is 65.6 Å². The Bertz CT molecular complexity index is 666. The van der Waals surface area contributed by atoms with Gasteiger partial charge in [0.1, 0.15) is 4.88 Å². The van der Waals surface area contributed by atoms with Gasteiger partial charge in [0.15, 0.2) is 5.82 Å². The summed E-state index contributed by atoms with van der Waals surface area (Å²) in [4.78, 5) is 19.5. The lowest BCUT2D eigenvalue weighted by Gasteiger charge is -2.30. The molecule has 2 aromatic heterocycles. The highest BCUT2D eigenvalue weighted by molar-refractivity contribution is 7.07. The third kappa shape index (κ3) is 2.87. The molecule has 2 aromatic rings. The fourth-order valence-corrected chi connectivity index (χ4v) is 3.21. The van der Waals surface area contributed by atoms with Crippen molar-refractivity contribution in [3.8, 4) is 0 Å². The van der Waals surface area contributed by atoms with Gasteiger partial charge in [-0.15, -0.1) is 5.10 Å². The summed E-state index contributed by atoms with van der Waals surface area (Å²) in [6.07, 6.45) is 1.89. The van der Waals surface area contributed by atoms with Crippen molar-refractivity contribution in [3.63, 3.8) is 0 Å². The van der Waals surface area contributed by atoms with Crippen LogP contribution in [0.3, 0.4) is 0 Å². The zero-order chi connectivity index (χ0) is 15.7. The van der Waals surface area contributed by atoms with E-state index in [4.69, 9.17) is 4.52 Å². The molecule has 1 amide bonds. The molecule has 0 N–H and O–H groups in total. The molecular formula is C14H19N5O2S. The molecule has 3 rings (SSSR count). The third-order valence-electron chi connectivity index (χ3n) is 3.88. The molecular weight excluding hydrogens is 302 g/mol. The summed E-state index contributed by atoms with van der Waals surface area (Å²) in [5.41, 5.74) is 0.692. The summed E-state index contributed by atoms with van der Waals surface area (Å²) in [7, 11) is 0. The van der Waals surface area contributed by atoms with Gasteiger partial charge in [-0.1, -0.05) is 23.5 Å². The van der Waals surface area contributed by atoms with Gasteiger partial charge in [0.05, 0.1) is 11.6 Å². The van der Waals surface area contributed by atoms with Gasteiger partial charge < -0.3 is 9.42 Å². The minimum atomic E-state index is 0.000739. The Kier molecular flexibility index (Phi) is 4.19. The van der Waals surface area contributed by atoms with Crippen LogP contribution in [-0.2, 0) is 0 Å². The molecule has 0 radical (unpaired) electrons. The fourth-order valence-electron chi connectivity index (χ4n) is 2.58. The second kappa shape index (κ2) is 6.12. The zero-order valence-corrected chi connectivity index (χ0v) is 13.8. The molecule has 1 atom stereocenters. The second-order valence-electron chi connectivity index (χ2n) is 5.92. The number of piperidine rings is 1. The number of aromatic nitrogens is 4. The van der Waals surface area contributed by atoms with Crippen LogP contribution in [0.5, 0.6) is 0 Å². The van der Waals surface area contributed by atoms with Gasteiger partial charge in [0.25, 0.3) is 5.91 Å². The van der Waals surface area contributed by atoms with Crippen molar-refractivity contribution >= 4 is 17.4 Å². The first-order valence-electron chi connectivity index (χ1n) is 7.48. The average Bonchev–Trinajstić information content (AvgIpc) is 3.15. The van der Waals surface area contributed by atoms with Crippen LogP contribution in [-0.4, -0.2) is 43.6 Å². The highest BCUT2D eigenvalue weighted by Gasteiger charge is 2.30. The topological polar surface area (TPSA) is 85.0 Å². The third-order valence-corrected chi connectivity index (χ3v) is 4.69. The van der Waals surface area contributed by atoms with Gasteiger partial charge in [-0.2, -0.15) is 4.98 Å². The van der Waals surface area contributed by atoms with Gasteiger partial charge in [0.2, 0.25) is 5.89 Å². The molecule has 7 nitrogen and oxygen atoms in total. The number of rotatable bonds is 3. The van der Waals surface area contributed by atoms with Crippen LogP contribution in [0.15, 0.2) is 4.52 Å². The predicted octanol–water partition coefficient (Wildman–Crippen LogP) is 2.37. The lowest BCUT2D eigenvalue weighted by atomic mass is 9.97. The van der Waals surface area contributed by atoms with Crippen molar-refractivity contribution in [1.29, 1.82) is 0 Å². The Balaban J connectivity index is 1.73. The summed E-state index contributed by atoms with van der Waals surface area (Å²) in [6, 6.07) is 0. The number of aryl methyl sites for hydroxylation is 1. The number of hydrogen-bond acceptors (Lipinski definition) is 7. The largest absolute Gasteiger partial charge is 0.339 e. The smallest absolute Gasteiger partial charge is 0.267 e. The van der Waals surface area contributed by atoms with E-state index in [0.29, 0.717) is 23.0 Å². The Morgan fingerprint density at radius 3 is 2.91 bits per heavy atom. The highest BCUT2D eigenvalue weighted by Crippen LogP contribution is 2.28. The molecule has 1 saturated heterocycles. The van der Waals surface area contributed by atoms with Crippen LogP contribution in [0.2, 0.25) is 0 Å². The molecule has 0 aliphatic carbocycles. The van der Waals surface area contributed by atoms with Gasteiger partial charge in [-0.3, -0.25) is 4.79 Å². The second-order valence-corrected chi connectivity index (χ2v) is 6.68. The molecule has 22 heavy (non-hydrogen) atoms. The molecule has 1 aliphatic heterocycles. The van der Waals surface area contributed by atoms with Crippen molar-refractivity contribution in [2.45, 2.75) is 45.4 Å². The predicted molar refractivity (Wildman–Crippen MR) is 80.9 cm³/mol. The lowest BCUT2D eigenvalue weighted by molar-refractivity contribution is 0.0699. The van der Waals surface area contributed by atoms with Gasteiger partial charge >= 0.3 is 0 Å². The standard InChI is InChI=1S/C14H19N5O2S/c1-8(2)12-15-13(21-17-12)10-5-4-6-19(7-10)14(20)11-9(3)16-18-22-11/h8,10H,4-7H2,1-3H3. The van der Waals surface area contributed by atoms with E-state index in [1.54, 1.807) is 0 Å². The summed E-state index contributed by atoms with van der Waals surface area (Å²) < 4.78 is 9.23. The van der Waals surface area contributed by atoms with Crippen LogP contribution < -0.4 is 0 Å². The van der Waals surface area contributed by atoms with E-state index in [9.17, 15) is 4.79 Å². The molecule has 8 heteroatoms. The van der Waals surface area contributed by atoms with E-state index in [1.807, 2.05) is 25.7 Å². The van der Waals surface area contributed by atoms with Gasteiger partial charge in [-0.05, 0) is 31.3 Å². The minimum Gasteiger partial charge on any atom is -0.339 e. The molecule has 1 unspecified atom stereocenters. The van der Waals surface area contributed by atoms with Crippen LogP contribution in [0, 0.1) is 6.92 Å². The van der Waals surface area contributed by atoms with Crippen molar-refractivity contribution in [2.24, 2.45) is 0 Å². The first-order valence-corrected chi connectivity index (χ1v) is 8.25. The summed E-state index contributed by atoms with van der Waals surface area (Å²) in [5, 5.41) is 7.93. The average molecular weight is 321 g/mol. The van der Waals surface area contributed by atoms with Crippen LogP contribution in [0.4, 0.5) is 0 Å². The maximum absolute atomic E-state index is 12.6. The maximum atomic E-state index is 12.6. The number of amides is 1. The first kappa shape index (κ1) is 15.1. The monoisotopic (exact) mass is 321 g/mol. The maximum Gasteiger partial charge on any atom is 0.267 e. The summed E-state index contributed by atoms with van der Waals surface area (Å²) in [5.74, 6) is 1.71. The Labute approximate surface area is 132 Å². The first-order chi connectivity index (χ1) is 10.6. The minimum absolute atomic E-state index is 0.000739. The Morgan fingerprint density at radius 2 is 2.27 bits per heavy atom. The molecule has 1 aliphatic rings. The number of likely N-dealkylation sites (tertiary alicyclic amines) is 1. The van der Waals surface area contributed by atoms with E-state index in [-0.39, 0.29) is 17.7 Å². The van der Waals surface area contributed by atoms with Crippen molar-refractivity contribution in [1.82, 2.24) is 24.6 Å².